The molecule has 0 aliphatic rings. The largest absolute Gasteiger partial charge is 0.491 e. The number of benzene rings is 1. The molecule has 0 radical (unpaired) electrons. The van der Waals surface area contributed by atoms with Crippen LogP contribution in [0.1, 0.15) is 11.4 Å². The number of aromatic nitrogens is 2. The lowest BCUT2D eigenvalue weighted by atomic mass is 10.1. The van der Waals surface area contributed by atoms with Crippen LogP contribution in [-0.2, 0) is 6.42 Å². The number of aliphatic hydroxyl groups excluding tert-OH is 1. The highest BCUT2D eigenvalue weighted by Crippen LogP contribution is 2.37. The van der Waals surface area contributed by atoms with E-state index in [0.717, 1.165) is 0 Å². The summed E-state index contributed by atoms with van der Waals surface area (Å²) in [6, 6.07) is 4.69. The molecular weight excluding hydrogens is 423 g/mol. The quantitative estimate of drug-likeness (QED) is 0.563. The molecule has 0 saturated heterocycles. The van der Waals surface area contributed by atoms with Gasteiger partial charge >= 0.3 is 0 Å². The van der Waals surface area contributed by atoms with Crippen LogP contribution in [0.5, 0.6) is 5.75 Å². The molecule has 0 spiro atoms. The van der Waals surface area contributed by atoms with Gasteiger partial charge in [0, 0.05) is 36.5 Å². The molecule has 5 nitrogen and oxygen atoms in total. The summed E-state index contributed by atoms with van der Waals surface area (Å²) < 4.78 is 7.14. The molecule has 1 N–H and O–H groups in total. The van der Waals surface area contributed by atoms with Crippen LogP contribution in [0, 0.1) is 6.92 Å². The standard InChI is InChI=1S/C20H17Cl3N2O3/c1-3-4-16-18-17(27)7-11(2)25(20(18)15(23)10-24-16)19-13(21)8-12(9-14(19)22)28-6-5-26/h3,7-10,26H,1,4-6H2,2H3. The second kappa shape index (κ2) is 8.53. The van der Waals surface area contributed by atoms with Crippen molar-refractivity contribution in [2.24, 2.45) is 0 Å². The number of hydrogen-bond donors (Lipinski definition) is 1. The molecular formula is C20H17Cl3N2O3. The van der Waals surface area contributed by atoms with Crippen molar-refractivity contribution < 1.29 is 9.84 Å². The van der Waals surface area contributed by atoms with Gasteiger partial charge in [0.25, 0.3) is 0 Å². The molecule has 2 aromatic heterocycles. The summed E-state index contributed by atoms with van der Waals surface area (Å²) in [7, 11) is 0. The van der Waals surface area contributed by atoms with Crippen molar-refractivity contribution in [2.75, 3.05) is 13.2 Å². The van der Waals surface area contributed by atoms with Gasteiger partial charge in [-0.25, -0.2) is 0 Å². The maximum atomic E-state index is 12.7. The van der Waals surface area contributed by atoms with Crippen LogP contribution in [-0.4, -0.2) is 27.9 Å². The third-order valence-electron chi connectivity index (χ3n) is 4.16. The topological polar surface area (TPSA) is 64.4 Å². The van der Waals surface area contributed by atoms with Gasteiger partial charge < -0.3 is 14.4 Å². The molecule has 1 aromatic carbocycles. The summed E-state index contributed by atoms with van der Waals surface area (Å²) in [5.41, 5.74) is 1.95. The first-order valence-electron chi connectivity index (χ1n) is 8.42. The monoisotopic (exact) mass is 438 g/mol. The Hall–Kier alpha value is -2.05. The maximum absolute atomic E-state index is 12.7. The van der Waals surface area contributed by atoms with E-state index in [1.54, 1.807) is 29.7 Å². The molecule has 0 fully saturated rings. The van der Waals surface area contributed by atoms with Gasteiger partial charge in [-0.05, 0) is 6.92 Å². The predicted molar refractivity (Wildman–Crippen MR) is 114 cm³/mol. The number of rotatable bonds is 6. The number of aryl methyl sites for hydroxylation is 1. The molecule has 0 atom stereocenters. The van der Waals surface area contributed by atoms with E-state index >= 15 is 0 Å². The average Bonchev–Trinajstić information content (AvgIpc) is 2.63. The highest BCUT2D eigenvalue weighted by atomic mass is 35.5. The van der Waals surface area contributed by atoms with Gasteiger partial charge in [0.1, 0.15) is 12.4 Å². The molecule has 0 amide bonds. The number of nitrogens with zero attached hydrogens (tertiary/aromatic N) is 2. The van der Waals surface area contributed by atoms with Crippen LogP contribution >= 0.6 is 34.8 Å². The number of hydrogen-bond acceptors (Lipinski definition) is 4. The lowest BCUT2D eigenvalue weighted by molar-refractivity contribution is 0.201. The fourth-order valence-electron chi connectivity index (χ4n) is 3.08. The molecule has 3 aromatic rings. The van der Waals surface area contributed by atoms with Gasteiger partial charge in [-0.15, -0.1) is 6.58 Å². The average molecular weight is 440 g/mol. The van der Waals surface area contributed by atoms with Crippen molar-refractivity contribution in [3.05, 3.63) is 73.7 Å². The van der Waals surface area contributed by atoms with E-state index < -0.39 is 0 Å². The van der Waals surface area contributed by atoms with Crippen molar-refractivity contribution in [3.8, 4) is 11.4 Å². The van der Waals surface area contributed by atoms with E-state index in [9.17, 15) is 4.79 Å². The minimum atomic E-state index is -0.189. The van der Waals surface area contributed by atoms with Gasteiger partial charge in [-0.1, -0.05) is 40.9 Å². The smallest absolute Gasteiger partial charge is 0.191 e. The summed E-state index contributed by atoms with van der Waals surface area (Å²) in [5.74, 6) is 0.427. The van der Waals surface area contributed by atoms with E-state index in [-0.39, 0.29) is 18.6 Å². The highest BCUT2D eigenvalue weighted by Gasteiger charge is 2.20. The number of aliphatic hydroxyl groups is 1. The highest BCUT2D eigenvalue weighted by molar-refractivity contribution is 6.38. The third-order valence-corrected chi connectivity index (χ3v) is 5.01. The van der Waals surface area contributed by atoms with Crippen LogP contribution in [0.2, 0.25) is 15.1 Å². The molecule has 2 heterocycles. The Morgan fingerprint density at radius 3 is 2.50 bits per heavy atom. The zero-order valence-corrected chi connectivity index (χ0v) is 17.3. The van der Waals surface area contributed by atoms with Crippen LogP contribution in [0.15, 0.2) is 41.8 Å². The van der Waals surface area contributed by atoms with Gasteiger partial charge in [0.15, 0.2) is 5.43 Å². The first-order valence-corrected chi connectivity index (χ1v) is 9.56. The summed E-state index contributed by atoms with van der Waals surface area (Å²) in [6.07, 6.45) is 3.59. The van der Waals surface area contributed by atoms with Crippen molar-refractivity contribution in [1.29, 1.82) is 0 Å². The number of allylic oxidation sites excluding steroid dienone is 1. The lowest BCUT2D eigenvalue weighted by Gasteiger charge is -2.20. The summed E-state index contributed by atoms with van der Waals surface area (Å²) in [4.78, 5) is 17.0. The summed E-state index contributed by atoms with van der Waals surface area (Å²) in [6.45, 7) is 5.48. The molecule has 8 heteroatoms. The van der Waals surface area contributed by atoms with Crippen molar-refractivity contribution in [1.82, 2.24) is 9.55 Å². The lowest BCUT2D eigenvalue weighted by Crippen LogP contribution is -2.14. The van der Waals surface area contributed by atoms with Gasteiger partial charge in [0.2, 0.25) is 0 Å². The van der Waals surface area contributed by atoms with E-state index in [1.807, 2.05) is 0 Å². The van der Waals surface area contributed by atoms with Crippen molar-refractivity contribution in [2.45, 2.75) is 13.3 Å². The first-order chi connectivity index (χ1) is 13.4. The molecule has 0 bridgehead atoms. The Bertz CT molecular complexity index is 1100. The van der Waals surface area contributed by atoms with E-state index in [2.05, 4.69) is 11.6 Å². The first kappa shape index (κ1) is 20.7. The van der Waals surface area contributed by atoms with Crippen LogP contribution < -0.4 is 10.2 Å². The number of halogens is 3. The van der Waals surface area contributed by atoms with E-state index in [1.165, 1.54) is 12.3 Å². The van der Waals surface area contributed by atoms with Crippen LogP contribution in [0.3, 0.4) is 0 Å². The van der Waals surface area contributed by atoms with E-state index in [0.29, 0.717) is 55.2 Å². The zero-order chi connectivity index (χ0) is 20.4. The number of fused-ring (bicyclic) bond motifs is 1. The number of ether oxygens (including phenoxy) is 1. The molecule has 0 saturated carbocycles. The van der Waals surface area contributed by atoms with Crippen LogP contribution in [0.4, 0.5) is 0 Å². The minimum absolute atomic E-state index is 0.119. The zero-order valence-electron chi connectivity index (χ0n) is 15.0. The van der Waals surface area contributed by atoms with Gasteiger partial charge in [-0.2, -0.15) is 0 Å². The summed E-state index contributed by atoms with van der Waals surface area (Å²) >= 11 is 19.5. The Balaban J connectivity index is 2.37. The summed E-state index contributed by atoms with van der Waals surface area (Å²) in [5, 5.41) is 10.2. The Kier molecular flexibility index (Phi) is 6.30. The van der Waals surface area contributed by atoms with Gasteiger partial charge in [-0.3, -0.25) is 9.78 Å². The SMILES string of the molecule is C=CCc1ncc(Cl)c2c1c(=O)cc(C)n2-c1c(Cl)cc(OCCO)cc1Cl. The second-order valence-electron chi connectivity index (χ2n) is 6.06. The Morgan fingerprint density at radius 1 is 1.21 bits per heavy atom. The number of pyridine rings is 2. The molecule has 28 heavy (non-hydrogen) atoms. The third kappa shape index (κ3) is 3.76. The molecule has 3 rings (SSSR count). The van der Waals surface area contributed by atoms with Gasteiger partial charge in [0.05, 0.1) is 44.0 Å². The molecule has 146 valence electrons. The van der Waals surface area contributed by atoms with Crippen molar-refractivity contribution >= 4 is 45.7 Å². The van der Waals surface area contributed by atoms with Crippen LogP contribution in [0.25, 0.3) is 16.6 Å². The minimum Gasteiger partial charge on any atom is -0.491 e. The fraction of sp³-hybridized carbons (Fsp3) is 0.200. The van der Waals surface area contributed by atoms with Crippen molar-refractivity contribution in [3.63, 3.8) is 0 Å². The molecule has 0 aliphatic heterocycles. The van der Waals surface area contributed by atoms with E-state index in [4.69, 9.17) is 44.6 Å². The maximum Gasteiger partial charge on any atom is 0.191 e. The fourth-order valence-corrected chi connectivity index (χ4v) is 3.94. The Labute approximate surface area is 176 Å². The molecule has 0 unspecified atom stereocenters. The Morgan fingerprint density at radius 2 is 1.89 bits per heavy atom. The second-order valence-corrected chi connectivity index (χ2v) is 7.28. The normalized spacial score (nSPS) is 11.0. The predicted octanol–water partition coefficient (Wildman–Crippen LogP) is 4.75. The molecule has 0 aliphatic carbocycles.